The van der Waals surface area contributed by atoms with Gasteiger partial charge >= 0.3 is 39.5 Å². The zero-order valence-corrected chi connectivity index (χ0v) is 63.9. The molecule has 17 nitrogen and oxygen atoms in total. The summed E-state index contributed by atoms with van der Waals surface area (Å²) in [6.07, 6.45) is 52.8. The van der Waals surface area contributed by atoms with Crippen molar-refractivity contribution in [2.75, 3.05) is 39.6 Å². The molecule has 3 unspecified atom stereocenters. The van der Waals surface area contributed by atoms with Crippen LogP contribution in [0.1, 0.15) is 389 Å². The number of carbonyl (C=O) groups excluding carboxylic acids is 4. The predicted octanol–water partition coefficient (Wildman–Crippen LogP) is 22.2. The van der Waals surface area contributed by atoms with Crippen LogP contribution in [0.25, 0.3) is 0 Å². The van der Waals surface area contributed by atoms with E-state index in [0.29, 0.717) is 25.7 Å². The van der Waals surface area contributed by atoms with E-state index >= 15 is 0 Å². The molecule has 0 rings (SSSR count). The highest BCUT2D eigenvalue weighted by molar-refractivity contribution is 7.47. The Kier molecular flexibility index (Phi) is 65.2. The summed E-state index contributed by atoms with van der Waals surface area (Å²) in [7, 11) is -9.91. The lowest BCUT2D eigenvalue weighted by Gasteiger charge is -2.21. The Hall–Kier alpha value is -1.94. The van der Waals surface area contributed by atoms with Gasteiger partial charge in [-0.3, -0.25) is 37.3 Å². The molecule has 19 heteroatoms. The lowest BCUT2D eigenvalue weighted by molar-refractivity contribution is -0.161. The highest BCUT2D eigenvalue weighted by Gasteiger charge is 2.30. The van der Waals surface area contributed by atoms with E-state index in [9.17, 15) is 43.2 Å². The van der Waals surface area contributed by atoms with Gasteiger partial charge in [0, 0.05) is 25.7 Å². The average molecular weight is 1400 g/mol. The molecule has 0 aliphatic heterocycles. The number of esters is 4. The van der Waals surface area contributed by atoms with Gasteiger partial charge in [0.15, 0.2) is 12.2 Å². The van der Waals surface area contributed by atoms with E-state index in [1.54, 1.807) is 0 Å². The summed E-state index contributed by atoms with van der Waals surface area (Å²) in [5, 5.41) is 10.6. The summed E-state index contributed by atoms with van der Waals surface area (Å²) in [5.41, 5.74) is 0. The fraction of sp³-hybridized carbons (Fsp3) is 0.947. The number of ether oxygens (including phenoxy) is 4. The Morgan fingerprint density at radius 1 is 0.305 bits per heavy atom. The summed E-state index contributed by atoms with van der Waals surface area (Å²) >= 11 is 0. The number of unbranched alkanes of at least 4 members (excludes halogenated alkanes) is 41. The minimum atomic E-state index is -4.96. The van der Waals surface area contributed by atoms with E-state index in [4.69, 9.17) is 37.0 Å². The van der Waals surface area contributed by atoms with E-state index in [2.05, 4.69) is 48.5 Å². The predicted molar refractivity (Wildman–Crippen MR) is 386 cm³/mol. The van der Waals surface area contributed by atoms with E-state index in [1.165, 1.54) is 193 Å². The van der Waals surface area contributed by atoms with Gasteiger partial charge < -0.3 is 33.8 Å². The van der Waals surface area contributed by atoms with Gasteiger partial charge in [-0.2, -0.15) is 0 Å². The van der Waals surface area contributed by atoms with Crippen molar-refractivity contribution in [1.82, 2.24) is 0 Å². The Labute approximate surface area is 581 Å². The fourth-order valence-electron chi connectivity index (χ4n) is 11.6. The molecular weight excluding hydrogens is 1250 g/mol. The Balaban J connectivity index is 5.24. The third-order valence-corrected chi connectivity index (χ3v) is 19.9. The first-order valence-electron chi connectivity index (χ1n) is 39.4. The molecule has 0 heterocycles. The molecule has 0 amide bonds. The number of aliphatic hydroxyl groups is 1. The number of aliphatic hydroxyl groups excluding tert-OH is 1. The maximum absolute atomic E-state index is 13.1. The Bertz CT molecular complexity index is 1850. The Morgan fingerprint density at radius 2 is 0.537 bits per heavy atom. The van der Waals surface area contributed by atoms with Gasteiger partial charge in [-0.1, -0.05) is 337 Å². The van der Waals surface area contributed by atoms with Crippen molar-refractivity contribution in [3.8, 4) is 0 Å². The molecular formula is C76H148O17P2. The maximum atomic E-state index is 13.1. The summed E-state index contributed by atoms with van der Waals surface area (Å²) in [5.74, 6) is 0.120. The van der Waals surface area contributed by atoms with Crippen molar-refractivity contribution in [1.29, 1.82) is 0 Å². The van der Waals surface area contributed by atoms with E-state index in [-0.39, 0.29) is 25.7 Å². The van der Waals surface area contributed by atoms with Crippen LogP contribution in [0.15, 0.2) is 0 Å². The van der Waals surface area contributed by atoms with Gasteiger partial charge in [-0.05, 0) is 43.4 Å². The Morgan fingerprint density at radius 3 is 0.800 bits per heavy atom. The minimum Gasteiger partial charge on any atom is -0.462 e. The normalized spacial score (nSPS) is 14.4. The third kappa shape index (κ3) is 69.0. The van der Waals surface area contributed by atoms with Crippen molar-refractivity contribution in [3.05, 3.63) is 0 Å². The molecule has 0 bridgehead atoms. The van der Waals surface area contributed by atoms with Crippen molar-refractivity contribution in [2.45, 2.75) is 407 Å². The molecule has 0 saturated heterocycles. The van der Waals surface area contributed by atoms with E-state index < -0.39 is 97.5 Å². The quantitative estimate of drug-likeness (QED) is 0.0222. The lowest BCUT2D eigenvalue weighted by Crippen LogP contribution is -2.30. The second kappa shape index (κ2) is 66.6. The molecule has 6 atom stereocenters. The molecule has 0 aromatic rings. The van der Waals surface area contributed by atoms with Crippen LogP contribution in [0.2, 0.25) is 0 Å². The van der Waals surface area contributed by atoms with Crippen LogP contribution in [0, 0.1) is 17.8 Å². The van der Waals surface area contributed by atoms with Gasteiger partial charge in [0.05, 0.1) is 26.4 Å². The SMILES string of the molecule is CCCCCCCCCCCCCCCCCCCCC(=O)O[C@H](COC(=O)CCCCCCCCCCCCCCCC(C)C)COP(=O)(O)OC[C@@H](O)COP(=O)(O)OC[C@@H](COC(=O)CCCCCCCCC(C)CC)OC(=O)CCCCCCCCCCC(C)C. The molecule has 0 fully saturated rings. The van der Waals surface area contributed by atoms with Crippen LogP contribution in [0.3, 0.4) is 0 Å². The number of carbonyl (C=O) groups is 4. The first kappa shape index (κ1) is 93.1. The molecule has 0 saturated carbocycles. The molecule has 3 N–H and O–H groups in total. The summed E-state index contributed by atoms with van der Waals surface area (Å²) < 4.78 is 68.5. The fourth-order valence-corrected chi connectivity index (χ4v) is 13.1. The zero-order chi connectivity index (χ0) is 70.1. The number of hydrogen-bond donors (Lipinski definition) is 3. The molecule has 0 aliphatic carbocycles. The van der Waals surface area contributed by atoms with Crippen molar-refractivity contribution >= 4 is 39.5 Å². The summed E-state index contributed by atoms with van der Waals surface area (Å²) in [6, 6.07) is 0. The summed E-state index contributed by atoms with van der Waals surface area (Å²) in [4.78, 5) is 72.8. The van der Waals surface area contributed by atoms with Crippen molar-refractivity contribution in [3.63, 3.8) is 0 Å². The van der Waals surface area contributed by atoms with Crippen LogP contribution < -0.4 is 0 Å². The smallest absolute Gasteiger partial charge is 0.462 e. The first-order chi connectivity index (χ1) is 45.8. The number of rotatable bonds is 74. The van der Waals surface area contributed by atoms with Crippen LogP contribution in [0.5, 0.6) is 0 Å². The van der Waals surface area contributed by atoms with Gasteiger partial charge in [0.25, 0.3) is 0 Å². The van der Waals surface area contributed by atoms with E-state index in [0.717, 1.165) is 114 Å². The van der Waals surface area contributed by atoms with E-state index in [1.807, 2.05) is 0 Å². The molecule has 95 heavy (non-hydrogen) atoms. The van der Waals surface area contributed by atoms with Gasteiger partial charge in [0.1, 0.15) is 19.3 Å². The van der Waals surface area contributed by atoms with Crippen LogP contribution >= 0.6 is 15.6 Å². The number of phosphoric ester groups is 2. The molecule has 0 spiro atoms. The zero-order valence-electron chi connectivity index (χ0n) is 62.1. The highest BCUT2D eigenvalue weighted by Crippen LogP contribution is 2.45. The van der Waals surface area contributed by atoms with Crippen LogP contribution in [-0.4, -0.2) is 96.7 Å². The molecule has 0 aromatic carbocycles. The maximum Gasteiger partial charge on any atom is 0.472 e. The minimum absolute atomic E-state index is 0.104. The van der Waals surface area contributed by atoms with Gasteiger partial charge in [-0.25, -0.2) is 9.13 Å². The first-order valence-corrected chi connectivity index (χ1v) is 42.4. The largest absolute Gasteiger partial charge is 0.472 e. The standard InChI is InChI=1S/C76H148O17P2/c1-8-10-11-12-13-14-15-16-17-18-19-20-23-27-30-36-45-52-59-75(80)92-71(63-86-73(78)57-50-43-35-29-26-24-21-22-25-28-33-40-47-54-67(3)4)65-90-94(82,83)88-61-70(77)62-89-95(84,85)91-66-72(64-87-74(79)58-51-44-39-38-42-49-56-69(7)9-2)93-76(81)60-53-46-37-32-31-34-41-48-55-68(5)6/h67-72,77H,8-66H2,1-7H3,(H,82,83)(H,84,85)/t69?,70-,71-,72-/m1/s1. The van der Waals surface area contributed by atoms with Crippen LogP contribution in [-0.2, 0) is 65.4 Å². The molecule has 0 aromatic heterocycles. The van der Waals surface area contributed by atoms with Gasteiger partial charge in [-0.15, -0.1) is 0 Å². The van der Waals surface area contributed by atoms with Crippen molar-refractivity contribution in [2.24, 2.45) is 17.8 Å². The number of hydrogen-bond acceptors (Lipinski definition) is 15. The number of phosphoric acid groups is 2. The van der Waals surface area contributed by atoms with Crippen LogP contribution in [0.4, 0.5) is 0 Å². The monoisotopic (exact) mass is 1400 g/mol. The summed E-state index contributed by atoms with van der Waals surface area (Å²) in [6.45, 7) is 11.8. The molecule has 0 aliphatic rings. The van der Waals surface area contributed by atoms with Crippen molar-refractivity contribution < 1.29 is 80.2 Å². The van der Waals surface area contributed by atoms with Gasteiger partial charge in [0.2, 0.25) is 0 Å². The molecule has 0 radical (unpaired) electrons. The highest BCUT2D eigenvalue weighted by atomic mass is 31.2. The second-order valence-corrected chi connectivity index (χ2v) is 31.5. The average Bonchev–Trinajstić information content (AvgIpc) is 2.58. The lowest BCUT2D eigenvalue weighted by atomic mass is 10.00. The third-order valence-electron chi connectivity index (χ3n) is 18.0. The molecule has 564 valence electrons. The second-order valence-electron chi connectivity index (χ2n) is 28.6. The topological polar surface area (TPSA) is 237 Å².